The lowest BCUT2D eigenvalue weighted by atomic mass is 9.91. The van der Waals surface area contributed by atoms with Gasteiger partial charge in [0.1, 0.15) is 16.9 Å². The second-order valence-electron chi connectivity index (χ2n) is 13.1. The van der Waals surface area contributed by atoms with Crippen molar-refractivity contribution in [3.05, 3.63) is 56.4 Å². The Hall–Kier alpha value is -3.69. The second-order valence-corrected chi connectivity index (χ2v) is 14.9. The largest absolute Gasteiger partial charge is 0.444 e. The van der Waals surface area contributed by atoms with Gasteiger partial charge in [-0.1, -0.05) is 13.0 Å². The summed E-state index contributed by atoms with van der Waals surface area (Å²) in [6, 6.07) is 1.41. The summed E-state index contributed by atoms with van der Waals surface area (Å²) in [6.45, 7) is 9.43. The number of amides is 1. The smallest absolute Gasteiger partial charge is 0.407 e. The number of allylic oxidation sites excluding steroid dienone is 3. The summed E-state index contributed by atoms with van der Waals surface area (Å²) in [5.74, 6) is -1.77. The zero-order chi connectivity index (χ0) is 34.7. The zero-order valence-electron chi connectivity index (χ0n) is 27.1. The van der Waals surface area contributed by atoms with E-state index in [0.29, 0.717) is 23.4 Å². The molecule has 1 fully saturated rings. The van der Waals surface area contributed by atoms with Crippen molar-refractivity contribution < 1.29 is 35.5 Å². The average molecular weight is 687 g/mol. The number of ether oxygens (including phenoxy) is 1. The average Bonchev–Trinajstić information content (AvgIpc) is 2.96. The molecule has 0 radical (unpaired) electrons. The molecule has 16 heteroatoms. The highest BCUT2D eigenvalue weighted by molar-refractivity contribution is 7.89. The summed E-state index contributed by atoms with van der Waals surface area (Å²) < 4.78 is 85.6. The first-order valence-electron chi connectivity index (χ1n) is 15.6. The molecule has 0 unspecified atom stereocenters. The van der Waals surface area contributed by atoms with Gasteiger partial charge in [0.2, 0.25) is 16.0 Å². The maximum absolute atomic E-state index is 15.1. The number of aliphatic imine (C=N–C) groups is 1. The van der Waals surface area contributed by atoms with E-state index in [1.54, 1.807) is 10.6 Å². The summed E-state index contributed by atoms with van der Waals surface area (Å²) >= 11 is 0. The van der Waals surface area contributed by atoms with Crippen LogP contribution in [0.3, 0.4) is 0 Å². The van der Waals surface area contributed by atoms with Gasteiger partial charge >= 0.3 is 12.3 Å². The number of aromatic nitrogens is 1. The van der Waals surface area contributed by atoms with Crippen LogP contribution in [0, 0.1) is 0 Å². The first-order valence-corrected chi connectivity index (χ1v) is 17.3. The zero-order valence-corrected chi connectivity index (χ0v) is 27.9. The van der Waals surface area contributed by atoms with Crippen LogP contribution in [0.15, 0.2) is 44.5 Å². The first-order chi connectivity index (χ1) is 21.8. The molecule has 47 heavy (non-hydrogen) atoms. The van der Waals surface area contributed by atoms with Crippen LogP contribution in [0.4, 0.5) is 22.4 Å². The number of alkyl carbamates (subject to hydrolysis) is 1. The van der Waals surface area contributed by atoms with Gasteiger partial charge in [-0.25, -0.2) is 22.6 Å². The van der Waals surface area contributed by atoms with Crippen LogP contribution in [0.1, 0.15) is 91.2 Å². The van der Waals surface area contributed by atoms with E-state index in [0.717, 1.165) is 31.8 Å². The number of sulfonamides is 1. The number of carbonyl (C=O) groups excluding carboxylic acids is 1. The molecule has 1 atom stereocenters. The second kappa shape index (κ2) is 14.2. The van der Waals surface area contributed by atoms with Crippen molar-refractivity contribution in [3.63, 3.8) is 0 Å². The van der Waals surface area contributed by atoms with Gasteiger partial charge in [0.05, 0.1) is 24.4 Å². The highest BCUT2D eigenvalue weighted by Crippen LogP contribution is 2.25. The number of nitrogens with zero attached hydrogens (tertiary/aromatic N) is 3. The number of hydrogen-bond acceptors (Lipinski definition) is 8. The molecular weight excluding hydrogens is 644 g/mol. The normalized spacial score (nSPS) is 22.1. The number of nitrogens with one attached hydrogen (secondary N) is 3. The number of hydrogen-bond donors (Lipinski definition) is 3. The quantitative estimate of drug-likeness (QED) is 0.354. The van der Waals surface area contributed by atoms with Gasteiger partial charge in [0, 0.05) is 35.3 Å². The molecule has 0 saturated heterocycles. The maximum atomic E-state index is 15.1. The van der Waals surface area contributed by atoms with Gasteiger partial charge in [-0.2, -0.15) is 18.2 Å². The van der Waals surface area contributed by atoms with E-state index in [1.165, 1.54) is 6.08 Å². The fourth-order valence-corrected chi connectivity index (χ4v) is 6.61. The molecule has 2 aliphatic carbocycles. The predicted octanol–water partition coefficient (Wildman–Crippen LogP) is 3.90. The Bertz CT molecular complexity index is 1750. The SMILES string of the molecule is CC[C@H](C)n1c2c(cc(=C3C=CC(NS(=O)(=O)CCC(F)(F)F)=C(F)C3)c1=O)CN=C(NC1CCC(NC(=O)OC(C)(C)C)CC1)N=2. The highest BCUT2D eigenvalue weighted by atomic mass is 32.2. The molecule has 1 aromatic heterocycles. The summed E-state index contributed by atoms with van der Waals surface area (Å²) in [5.41, 5.74) is -0.0676. The lowest BCUT2D eigenvalue weighted by molar-refractivity contribution is -0.130. The number of halogens is 4. The van der Waals surface area contributed by atoms with Crippen LogP contribution < -0.4 is 31.6 Å². The first kappa shape index (κ1) is 36.2. The summed E-state index contributed by atoms with van der Waals surface area (Å²) in [4.78, 5) is 35.3. The maximum Gasteiger partial charge on any atom is 0.407 e. The van der Waals surface area contributed by atoms with E-state index in [4.69, 9.17) is 9.73 Å². The molecule has 1 amide bonds. The van der Waals surface area contributed by atoms with Crippen molar-refractivity contribution in [1.29, 1.82) is 0 Å². The monoisotopic (exact) mass is 686 g/mol. The Labute approximate surface area is 271 Å². The highest BCUT2D eigenvalue weighted by Gasteiger charge is 2.31. The van der Waals surface area contributed by atoms with Crippen molar-refractivity contribution in [3.8, 4) is 0 Å². The minimum Gasteiger partial charge on any atom is -0.444 e. The van der Waals surface area contributed by atoms with Crippen LogP contribution in [-0.2, 0) is 21.3 Å². The molecule has 2 heterocycles. The molecule has 1 saturated carbocycles. The standard InChI is InChI=1S/C31H42F4N6O5S/c1-6-18(2)41-26-20(17-36-28(39-26)37-21-8-10-22(11-9-21)38-29(43)46-30(3,4)5)15-23(27(41)42)19-7-12-25(24(32)16-19)40-47(44,45)14-13-31(33,34)35/h7,12,15,18,21-22,40H,6,8-11,13-14,16-17H2,1-5H3,(H,36,37)(H,38,43)/t18-,21?,22?/m0/s1. The van der Waals surface area contributed by atoms with Crippen LogP contribution in [0.2, 0.25) is 0 Å². The predicted molar refractivity (Wildman–Crippen MR) is 169 cm³/mol. The topological polar surface area (TPSA) is 143 Å². The lowest BCUT2D eigenvalue weighted by Crippen LogP contribution is -2.49. The van der Waals surface area contributed by atoms with Crippen LogP contribution >= 0.6 is 0 Å². The van der Waals surface area contributed by atoms with Gasteiger partial charge in [-0.15, -0.1) is 0 Å². The van der Waals surface area contributed by atoms with Crippen LogP contribution in [0.25, 0.3) is 5.57 Å². The molecule has 260 valence electrons. The molecule has 0 aromatic carbocycles. The van der Waals surface area contributed by atoms with Crippen LogP contribution in [-0.4, -0.2) is 54.7 Å². The third-order valence-electron chi connectivity index (χ3n) is 8.06. The molecular formula is C31H42F4N6O5S. The fourth-order valence-electron chi connectivity index (χ4n) is 5.50. The molecule has 4 rings (SSSR count). The number of pyridine rings is 1. The van der Waals surface area contributed by atoms with E-state index in [-0.39, 0.29) is 35.5 Å². The number of fused-ring (bicyclic) bond motifs is 1. The van der Waals surface area contributed by atoms with Crippen LogP contribution in [0.5, 0.6) is 0 Å². The van der Waals surface area contributed by atoms with E-state index < -0.39 is 63.6 Å². The van der Waals surface area contributed by atoms with E-state index >= 15 is 4.39 Å². The molecule has 0 bridgehead atoms. The molecule has 0 spiro atoms. The number of rotatable bonds is 8. The summed E-state index contributed by atoms with van der Waals surface area (Å²) in [5, 5.41) is 6.49. The summed E-state index contributed by atoms with van der Waals surface area (Å²) in [6.07, 6.45) is -0.997. The Morgan fingerprint density at radius 1 is 1.13 bits per heavy atom. The number of carbonyl (C=O) groups is 1. The molecule has 1 aliphatic heterocycles. The Balaban J connectivity index is 1.53. The van der Waals surface area contributed by atoms with Gasteiger partial charge in [-0.3, -0.25) is 14.1 Å². The Kier molecular flexibility index (Phi) is 10.9. The van der Waals surface area contributed by atoms with Gasteiger partial charge in [0.15, 0.2) is 0 Å². The van der Waals surface area contributed by atoms with Crippen molar-refractivity contribution in [2.75, 3.05) is 5.75 Å². The molecule has 1 aromatic rings. The van der Waals surface area contributed by atoms with Gasteiger partial charge in [0.25, 0.3) is 5.56 Å². The minimum atomic E-state index is -4.68. The van der Waals surface area contributed by atoms with Gasteiger partial charge < -0.3 is 15.4 Å². The van der Waals surface area contributed by atoms with Crippen molar-refractivity contribution >= 4 is 27.6 Å². The fraction of sp³-hybridized carbons (Fsp3) is 0.613. The van der Waals surface area contributed by atoms with E-state index in [9.17, 15) is 31.2 Å². The molecule has 3 N–H and O–H groups in total. The third-order valence-corrected chi connectivity index (χ3v) is 9.33. The van der Waals surface area contributed by atoms with Gasteiger partial charge in [-0.05, 0) is 77.5 Å². The molecule has 11 nitrogen and oxygen atoms in total. The number of guanidine groups is 1. The number of alkyl halides is 3. The Morgan fingerprint density at radius 3 is 2.38 bits per heavy atom. The van der Waals surface area contributed by atoms with Crippen molar-refractivity contribution in [2.24, 2.45) is 9.98 Å². The van der Waals surface area contributed by atoms with E-state index in [2.05, 4.69) is 15.6 Å². The molecule has 3 aliphatic rings. The van der Waals surface area contributed by atoms with Crippen molar-refractivity contribution in [1.82, 2.24) is 19.9 Å². The van der Waals surface area contributed by atoms with E-state index in [1.807, 2.05) is 39.3 Å². The minimum absolute atomic E-state index is 0.000434. The Morgan fingerprint density at radius 2 is 1.79 bits per heavy atom. The lowest BCUT2D eigenvalue weighted by Gasteiger charge is -2.31. The summed E-state index contributed by atoms with van der Waals surface area (Å²) in [7, 11) is -4.45. The third kappa shape index (κ3) is 9.91. The van der Waals surface area contributed by atoms with Crippen molar-refractivity contribution in [2.45, 2.75) is 116 Å².